The zero-order chi connectivity index (χ0) is 13.3. The lowest BCUT2D eigenvalue weighted by Gasteiger charge is -2.22. The number of aryl methyl sites for hydroxylation is 1. The van der Waals surface area contributed by atoms with E-state index in [2.05, 4.69) is 44.6 Å². The summed E-state index contributed by atoms with van der Waals surface area (Å²) in [5.41, 5.74) is 3.97. The van der Waals surface area contributed by atoms with E-state index in [1.165, 1.54) is 29.8 Å². The van der Waals surface area contributed by atoms with Gasteiger partial charge in [0.05, 0.1) is 11.7 Å². The van der Waals surface area contributed by atoms with Crippen molar-refractivity contribution in [2.45, 2.75) is 66.0 Å². The van der Waals surface area contributed by atoms with Crippen LogP contribution in [0.25, 0.3) is 0 Å². The first-order chi connectivity index (χ1) is 8.54. The molecule has 2 unspecified atom stereocenters. The quantitative estimate of drug-likeness (QED) is 0.840. The van der Waals surface area contributed by atoms with Crippen LogP contribution in [0.1, 0.15) is 56.6 Å². The second-order valence-corrected chi connectivity index (χ2v) is 5.85. The lowest BCUT2D eigenvalue weighted by molar-refractivity contribution is 0.330. The molecule has 1 N–H and O–H groups in total. The maximum absolute atomic E-state index is 4.73. The summed E-state index contributed by atoms with van der Waals surface area (Å²) in [7, 11) is 0. The first-order valence-electron chi connectivity index (χ1n) is 7.32. The Morgan fingerprint density at radius 1 is 1.33 bits per heavy atom. The predicted molar refractivity (Wildman–Crippen MR) is 76.0 cm³/mol. The van der Waals surface area contributed by atoms with Crippen molar-refractivity contribution in [3.8, 4) is 0 Å². The van der Waals surface area contributed by atoms with E-state index in [9.17, 15) is 0 Å². The minimum Gasteiger partial charge on any atom is -0.314 e. The molecule has 0 saturated heterocycles. The van der Waals surface area contributed by atoms with Crippen LogP contribution in [0.4, 0.5) is 0 Å². The fourth-order valence-corrected chi connectivity index (χ4v) is 2.66. The Morgan fingerprint density at radius 2 is 2.00 bits per heavy atom. The van der Waals surface area contributed by atoms with Crippen LogP contribution in [0.3, 0.4) is 0 Å². The van der Waals surface area contributed by atoms with Gasteiger partial charge in [-0.25, -0.2) is 0 Å². The van der Waals surface area contributed by atoms with Crippen molar-refractivity contribution < 1.29 is 0 Å². The number of hydrogen-bond donors (Lipinski definition) is 1. The largest absolute Gasteiger partial charge is 0.314 e. The maximum atomic E-state index is 4.73. The minimum atomic E-state index is 0.468. The van der Waals surface area contributed by atoms with Crippen molar-refractivity contribution in [1.82, 2.24) is 15.1 Å². The Hall–Kier alpha value is -0.830. The van der Waals surface area contributed by atoms with Crippen LogP contribution in [-0.2, 0) is 6.42 Å². The molecule has 0 radical (unpaired) electrons. The molecule has 1 aliphatic carbocycles. The first kappa shape index (κ1) is 13.6. The Kier molecular flexibility index (Phi) is 4.10. The summed E-state index contributed by atoms with van der Waals surface area (Å²) < 4.78 is 2.23. The molecule has 0 aromatic carbocycles. The molecule has 0 amide bonds. The molecule has 3 heteroatoms. The summed E-state index contributed by atoms with van der Waals surface area (Å²) in [6.45, 7) is 12.3. The molecule has 2 rings (SSSR count). The molecular weight excluding hydrogens is 222 g/mol. The normalized spacial score (nSPS) is 18.9. The molecule has 1 saturated carbocycles. The van der Waals surface area contributed by atoms with E-state index in [-0.39, 0.29) is 0 Å². The van der Waals surface area contributed by atoms with E-state index in [4.69, 9.17) is 5.10 Å². The second-order valence-electron chi connectivity index (χ2n) is 5.85. The fourth-order valence-electron chi connectivity index (χ4n) is 2.66. The van der Waals surface area contributed by atoms with Gasteiger partial charge < -0.3 is 5.32 Å². The van der Waals surface area contributed by atoms with E-state index >= 15 is 0 Å². The Balaban J connectivity index is 2.04. The standard InChI is InChI=1S/C15H27N3/c1-6-15-11(3)17-18(13(15)5)12(4)10(2)9-16-14-7-8-14/h10,12,14,16H,6-9H2,1-5H3. The third kappa shape index (κ3) is 2.77. The zero-order valence-electron chi connectivity index (χ0n) is 12.5. The van der Waals surface area contributed by atoms with E-state index in [1.54, 1.807) is 0 Å². The van der Waals surface area contributed by atoms with Gasteiger partial charge in [0, 0.05) is 11.7 Å². The lowest BCUT2D eigenvalue weighted by atomic mass is 10.0. The van der Waals surface area contributed by atoms with Crippen molar-refractivity contribution in [1.29, 1.82) is 0 Å². The smallest absolute Gasteiger partial charge is 0.0628 e. The molecule has 0 spiro atoms. The monoisotopic (exact) mass is 249 g/mol. The van der Waals surface area contributed by atoms with Gasteiger partial charge in [-0.1, -0.05) is 13.8 Å². The van der Waals surface area contributed by atoms with E-state index < -0.39 is 0 Å². The van der Waals surface area contributed by atoms with Crippen molar-refractivity contribution in [2.24, 2.45) is 5.92 Å². The molecule has 1 fully saturated rings. The van der Waals surface area contributed by atoms with Crippen LogP contribution in [0.5, 0.6) is 0 Å². The van der Waals surface area contributed by atoms with Gasteiger partial charge in [0.25, 0.3) is 0 Å². The molecular formula is C15H27N3. The molecule has 1 aliphatic rings. The number of rotatable bonds is 6. The third-order valence-corrected chi connectivity index (χ3v) is 4.34. The van der Waals surface area contributed by atoms with E-state index in [0.717, 1.165) is 19.0 Å². The third-order valence-electron chi connectivity index (χ3n) is 4.34. The average Bonchev–Trinajstić information content (AvgIpc) is 3.12. The van der Waals surface area contributed by atoms with Gasteiger partial charge >= 0.3 is 0 Å². The molecule has 1 aromatic heterocycles. The highest BCUT2D eigenvalue weighted by Gasteiger charge is 2.24. The van der Waals surface area contributed by atoms with E-state index in [0.29, 0.717) is 12.0 Å². The summed E-state index contributed by atoms with van der Waals surface area (Å²) in [6, 6.07) is 1.27. The SMILES string of the molecule is CCc1c(C)nn(C(C)C(C)CNC2CC2)c1C. The van der Waals surface area contributed by atoms with Crippen molar-refractivity contribution in [2.75, 3.05) is 6.54 Å². The van der Waals surface area contributed by atoms with Crippen LogP contribution in [0.15, 0.2) is 0 Å². The van der Waals surface area contributed by atoms with Crippen molar-refractivity contribution >= 4 is 0 Å². The van der Waals surface area contributed by atoms with Gasteiger partial charge in [-0.2, -0.15) is 5.10 Å². The fraction of sp³-hybridized carbons (Fsp3) is 0.800. The van der Waals surface area contributed by atoms with Crippen molar-refractivity contribution in [3.63, 3.8) is 0 Å². The van der Waals surface area contributed by atoms with Crippen LogP contribution < -0.4 is 5.32 Å². The van der Waals surface area contributed by atoms with Crippen molar-refractivity contribution in [3.05, 3.63) is 17.0 Å². The van der Waals surface area contributed by atoms with Gasteiger partial charge in [0.2, 0.25) is 0 Å². The van der Waals surface area contributed by atoms with Gasteiger partial charge in [0.15, 0.2) is 0 Å². The molecule has 102 valence electrons. The summed E-state index contributed by atoms with van der Waals surface area (Å²) >= 11 is 0. The Labute approximate surface area is 111 Å². The topological polar surface area (TPSA) is 29.9 Å². The second kappa shape index (κ2) is 5.43. The Morgan fingerprint density at radius 3 is 2.50 bits per heavy atom. The summed E-state index contributed by atoms with van der Waals surface area (Å²) in [5.74, 6) is 0.619. The highest BCUT2D eigenvalue weighted by Crippen LogP contribution is 2.24. The average molecular weight is 249 g/mol. The zero-order valence-corrected chi connectivity index (χ0v) is 12.5. The van der Waals surface area contributed by atoms with Crippen LogP contribution in [-0.4, -0.2) is 22.4 Å². The van der Waals surface area contributed by atoms with Gasteiger partial charge in [-0.15, -0.1) is 0 Å². The maximum Gasteiger partial charge on any atom is 0.0628 e. The van der Waals surface area contributed by atoms with Crippen LogP contribution in [0, 0.1) is 19.8 Å². The minimum absolute atomic E-state index is 0.468. The lowest BCUT2D eigenvalue weighted by Crippen LogP contribution is -2.29. The molecule has 0 bridgehead atoms. The molecule has 1 heterocycles. The molecule has 1 aromatic rings. The Bertz CT molecular complexity index is 404. The van der Waals surface area contributed by atoms with E-state index in [1.807, 2.05) is 0 Å². The number of nitrogens with one attached hydrogen (secondary N) is 1. The highest BCUT2D eigenvalue weighted by atomic mass is 15.3. The number of nitrogens with zero attached hydrogens (tertiary/aromatic N) is 2. The molecule has 3 nitrogen and oxygen atoms in total. The molecule has 2 atom stereocenters. The summed E-state index contributed by atoms with van der Waals surface area (Å²) in [5, 5.41) is 8.35. The van der Waals surface area contributed by atoms with Gasteiger partial charge in [0.1, 0.15) is 0 Å². The van der Waals surface area contributed by atoms with Crippen LogP contribution >= 0.6 is 0 Å². The van der Waals surface area contributed by atoms with Gasteiger partial charge in [-0.05, 0) is 58.1 Å². The first-order valence-corrected chi connectivity index (χ1v) is 7.32. The summed E-state index contributed by atoms with van der Waals surface area (Å²) in [4.78, 5) is 0. The number of aromatic nitrogens is 2. The molecule has 18 heavy (non-hydrogen) atoms. The highest BCUT2D eigenvalue weighted by molar-refractivity contribution is 5.24. The van der Waals surface area contributed by atoms with Crippen LogP contribution in [0.2, 0.25) is 0 Å². The predicted octanol–water partition coefficient (Wildman–Crippen LogP) is 3.01. The number of hydrogen-bond acceptors (Lipinski definition) is 2. The summed E-state index contributed by atoms with van der Waals surface area (Å²) in [6.07, 6.45) is 3.81. The molecule has 0 aliphatic heterocycles. The van der Waals surface area contributed by atoms with Gasteiger partial charge in [-0.3, -0.25) is 4.68 Å².